The van der Waals surface area contributed by atoms with Crippen LogP contribution in [0.3, 0.4) is 0 Å². The quantitative estimate of drug-likeness (QED) is 0.301. The third kappa shape index (κ3) is 4.71. The fourth-order valence-electron chi connectivity index (χ4n) is 1.77. The van der Waals surface area contributed by atoms with Gasteiger partial charge in [-0.25, -0.2) is 4.39 Å². The first-order valence-corrected chi connectivity index (χ1v) is 6.10. The first kappa shape index (κ1) is 14.4. The van der Waals surface area contributed by atoms with Crippen molar-refractivity contribution in [3.8, 4) is 0 Å². The predicted octanol–water partition coefficient (Wildman–Crippen LogP) is 1.87. The van der Waals surface area contributed by atoms with Crippen LogP contribution in [0.1, 0.15) is 25.3 Å². The summed E-state index contributed by atoms with van der Waals surface area (Å²) in [5.74, 6) is 0.0315. The molecule has 0 aliphatic rings. The standard InChI is InChI=1S/C13H20FN3O/c1-2-11(9-13(15)17-18)16-8-7-10-5-3-4-6-12(10)14/h3-6,11,16,18H,2,7-9H2,1H3,(H2,15,17). The molecule has 1 unspecified atom stereocenters. The van der Waals surface area contributed by atoms with E-state index < -0.39 is 0 Å². The van der Waals surface area contributed by atoms with E-state index in [4.69, 9.17) is 10.9 Å². The van der Waals surface area contributed by atoms with Gasteiger partial charge in [-0.1, -0.05) is 30.3 Å². The van der Waals surface area contributed by atoms with Crippen molar-refractivity contribution < 1.29 is 9.60 Å². The second kappa shape index (κ2) is 7.66. The number of nitrogens with two attached hydrogens (primary N) is 1. The van der Waals surface area contributed by atoms with Crippen molar-refractivity contribution in [3.63, 3.8) is 0 Å². The summed E-state index contributed by atoms with van der Waals surface area (Å²) in [7, 11) is 0. The molecule has 0 radical (unpaired) electrons. The molecule has 1 aromatic rings. The first-order chi connectivity index (χ1) is 8.67. The summed E-state index contributed by atoms with van der Waals surface area (Å²) in [5.41, 5.74) is 6.15. The number of rotatable bonds is 7. The van der Waals surface area contributed by atoms with Gasteiger partial charge in [0.1, 0.15) is 11.7 Å². The Kier molecular flexibility index (Phi) is 6.14. The lowest BCUT2D eigenvalue weighted by atomic mass is 10.1. The fraction of sp³-hybridized carbons (Fsp3) is 0.462. The molecule has 0 fully saturated rings. The average molecular weight is 253 g/mol. The van der Waals surface area contributed by atoms with Gasteiger partial charge in [0.15, 0.2) is 0 Å². The van der Waals surface area contributed by atoms with Crippen molar-refractivity contribution in [2.75, 3.05) is 6.54 Å². The van der Waals surface area contributed by atoms with Crippen LogP contribution in [0, 0.1) is 5.82 Å². The lowest BCUT2D eigenvalue weighted by Crippen LogP contribution is -2.34. The maximum atomic E-state index is 13.4. The van der Waals surface area contributed by atoms with Crippen LogP contribution in [0.2, 0.25) is 0 Å². The van der Waals surface area contributed by atoms with Crippen LogP contribution in [0.4, 0.5) is 4.39 Å². The number of hydrogen-bond acceptors (Lipinski definition) is 3. The summed E-state index contributed by atoms with van der Waals surface area (Å²) in [6, 6.07) is 6.89. The zero-order valence-corrected chi connectivity index (χ0v) is 10.6. The van der Waals surface area contributed by atoms with E-state index in [1.807, 2.05) is 13.0 Å². The highest BCUT2D eigenvalue weighted by Gasteiger charge is 2.08. The predicted molar refractivity (Wildman–Crippen MR) is 70.2 cm³/mol. The van der Waals surface area contributed by atoms with Crippen molar-refractivity contribution in [3.05, 3.63) is 35.6 Å². The lowest BCUT2D eigenvalue weighted by molar-refractivity contribution is 0.315. The maximum Gasteiger partial charge on any atom is 0.140 e. The van der Waals surface area contributed by atoms with E-state index in [-0.39, 0.29) is 17.7 Å². The Morgan fingerprint density at radius 3 is 2.83 bits per heavy atom. The Balaban J connectivity index is 2.38. The summed E-state index contributed by atoms with van der Waals surface area (Å²) in [5, 5.41) is 14.7. The Bertz CT molecular complexity index is 396. The molecule has 1 rings (SSSR count). The number of amidine groups is 1. The van der Waals surface area contributed by atoms with Gasteiger partial charge in [0.05, 0.1) is 0 Å². The van der Waals surface area contributed by atoms with E-state index in [9.17, 15) is 4.39 Å². The molecular formula is C13H20FN3O. The smallest absolute Gasteiger partial charge is 0.140 e. The highest BCUT2D eigenvalue weighted by Crippen LogP contribution is 2.07. The fourth-order valence-corrected chi connectivity index (χ4v) is 1.77. The Morgan fingerprint density at radius 1 is 1.50 bits per heavy atom. The average Bonchev–Trinajstić information content (AvgIpc) is 2.39. The van der Waals surface area contributed by atoms with Gasteiger partial charge in [-0.15, -0.1) is 0 Å². The molecule has 0 amide bonds. The highest BCUT2D eigenvalue weighted by molar-refractivity contribution is 5.80. The van der Waals surface area contributed by atoms with Crippen LogP contribution in [-0.4, -0.2) is 23.6 Å². The molecule has 0 saturated heterocycles. The van der Waals surface area contributed by atoms with E-state index in [0.717, 1.165) is 6.42 Å². The zero-order chi connectivity index (χ0) is 13.4. The molecule has 4 N–H and O–H groups in total. The molecule has 0 aliphatic carbocycles. The molecule has 0 bridgehead atoms. The van der Waals surface area contributed by atoms with Crippen LogP contribution in [-0.2, 0) is 6.42 Å². The molecule has 0 heterocycles. The molecule has 4 nitrogen and oxygen atoms in total. The van der Waals surface area contributed by atoms with Crippen molar-refractivity contribution in [1.29, 1.82) is 0 Å². The normalized spacial score (nSPS) is 13.6. The van der Waals surface area contributed by atoms with Gasteiger partial charge >= 0.3 is 0 Å². The van der Waals surface area contributed by atoms with Gasteiger partial charge in [-0.3, -0.25) is 0 Å². The molecule has 0 saturated carbocycles. The molecule has 5 heteroatoms. The maximum absolute atomic E-state index is 13.4. The Morgan fingerprint density at radius 2 is 2.22 bits per heavy atom. The number of hydrogen-bond donors (Lipinski definition) is 3. The molecular weight excluding hydrogens is 233 g/mol. The van der Waals surface area contributed by atoms with E-state index in [1.165, 1.54) is 6.07 Å². The Hall–Kier alpha value is -1.62. The van der Waals surface area contributed by atoms with E-state index in [2.05, 4.69) is 10.5 Å². The van der Waals surface area contributed by atoms with Crippen LogP contribution in [0.25, 0.3) is 0 Å². The summed E-state index contributed by atoms with van der Waals surface area (Å²) in [4.78, 5) is 0. The molecule has 0 aliphatic heterocycles. The van der Waals surface area contributed by atoms with Gasteiger partial charge in [-0.05, 0) is 31.0 Å². The molecule has 1 aromatic carbocycles. The largest absolute Gasteiger partial charge is 0.409 e. The second-order valence-corrected chi connectivity index (χ2v) is 4.20. The van der Waals surface area contributed by atoms with Crippen LogP contribution in [0.5, 0.6) is 0 Å². The number of oxime groups is 1. The molecule has 18 heavy (non-hydrogen) atoms. The van der Waals surface area contributed by atoms with Gasteiger partial charge in [0.25, 0.3) is 0 Å². The topological polar surface area (TPSA) is 70.6 Å². The van der Waals surface area contributed by atoms with Gasteiger partial charge in [0, 0.05) is 12.5 Å². The third-order valence-electron chi connectivity index (χ3n) is 2.86. The van der Waals surface area contributed by atoms with Crippen LogP contribution in [0.15, 0.2) is 29.4 Å². The van der Waals surface area contributed by atoms with Crippen molar-refractivity contribution >= 4 is 5.84 Å². The molecule has 100 valence electrons. The van der Waals surface area contributed by atoms with Crippen molar-refractivity contribution in [2.24, 2.45) is 10.9 Å². The number of nitrogens with one attached hydrogen (secondary N) is 1. The summed E-state index contributed by atoms with van der Waals surface area (Å²) in [6.07, 6.45) is 1.98. The zero-order valence-electron chi connectivity index (χ0n) is 10.6. The van der Waals surface area contributed by atoms with Gasteiger partial charge in [-0.2, -0.15) is 0 Å². The van der Waals surface area contributed by atoms with Gasteiger partial charge in [0.2, 0.25) is 0 Å². The second-order valence-electron chi connectivity index (χ2n) is 4.20. The van der Waals surface area contributed by atoms with Crippen molar-refractivity contribution in [2.45, 2.75) is 32.2 Å². The first-order valence-electron chi connectivity index (χ1n) is 6.10. The van der Waals surface area contributed by atoms with E-state index in [0.29, 0.717) is 24.9 Å². The highest BCUT2D eigenvalue weighted by atomic mass is 19.1. The Labute approximate surface area is 107 Å². The monoisotopic (exact) mass is 253 g/mol. The third-order valence-corrected chi connectivity index (χ3v) is 2.86. The molecule has 0 aromatic heterocycles. The minimum atomic E-state index is -0.177. The van der Waals surface area contributed by atoms with Crippen molar-refractivity contribution in [1.82, 2.24) is 5.32 Å². The van der Waals surface area contributed by atoms with Crippen LogP contribution < -0.4 is 11.1 Å². The summed E-state index contributed by atoms with van der Waals surface area (Å²) in [6.45, 7) is 2.68. The van der Waals surface area contributed by atoms with E-state index in [1.54, 1.807) is 12.1 Å². The number of benzene rings is 1. The van der Waals surface area contributed by atoms with Gasteiger partial charge < -0.3 is 16.3 Å². The molecule has 0 spiro atoms. The minimum Gasteiger partial charge on any atom is -0.409 e. The summed E-state index contributed by atoms with van der Waals surface area (Å²) < 4.78 is 13.4. The van der Waals surface area contributed by atoms with E-state index >= 15 is 0 Å². The molecule has 1 atom stereocenters. The number of halogens is 1. The minimum absolute atomic E-state index is 0.146. The SMILES string of the molecule is CCC(CC(N)=NO)NCCc1ccccc1F. The van der Waals surface area contributed by atoms with Crippen LogP contribution >= 0.6 is 0 Å². The summed E-state index contributed by atoms with van der Waals surface area (Å²) >= 11 is 0. The lowest BCUT2D eigenvalue weighted by Gasteiger charge is -2.16. The number of nitrogens with zero attached hydrogens (tertiary/aromatic N) is 1.